The van der Waals surface area contributed by atoms with E-state index in [1.54, 1.807) is 31.2 Å². The van der Waals surface area contributed by atoms with E-state index in [2.05, 4.69) is 16.4 Å². The second-order valence-electron chi connectivity index (χ2n) is 6.45. The Hall–Kier alpha value is -3.59. The Labute approximate surface area is 163 Å². The van der Waals surface area contributed by atoms with Crippen molar-refractivity contribution in [2.75, 3.05) is 18.5 Å². The standard InChI is InChI=1S/C22H21N3O3/c1-3-28-21(27)13-24-17-8-9-18-19(11-17)25-14(2)22(18)20(26)10-15-4-6-16(12-23)7-5-15/h4-9,11,24-25H,3,10,13H2,1-2H3. The molecule has 142 valence electrons. The lowest BCUT2D eigenvalue weighted by Crippen LogP contribution is -2.16. The number of aromatic amines is 1. The summed E-state index contributed by atoms with van der Waals surface area (Å²) >= 11 is 0. The van der Waals surface area contributed by atoms with E-state index in [1.807, 2.05) is 25.1 Å². The van der Waals surface area contributed by atoms with Gasteiger partial charge in [-0.1, -0.05) is 18.2 Å². The van der Waals surface area contributed by atoms with Crippen molar-refractivity contribution < 1.29 is 14.3 Å². The van der Waals surface area contributed by atoms with Crippen LogP contribution >= 0.6 is 0 Å². The highest BCUT2D eigenvalue weighted by atomic mass is 16.5. The van der Waals surface area contributed by atoms with Crippen LogP contribution in [-0.2, 0) is 16.0 Å². The maximum absolute atomic E-state index is 12.9. The maximum atomic E-state index is 12.9. The molecule has 1 heterocycles. The zero-order valence-corrected chi connectivity index (χ0v) is 15.8. The molecule has 0 saturated heterocycles. The van der Waals surface area contributed by atoms with Gasteiger partial charge < -0.3 is 15.0 Å². The lowest BCUT2D eigenvalue weighted by atomic mass is 9.99. The first kappa shape index (κ1) is 19.2. The fourth-order valence-corrected chi connectivity index (χ4v) is 3.16. The largest absolute Gasteiger partial charge is 0.465 e. The molecule has 0 atom stereocenters. The van der Waals surface area contributed by atoms with E-state index < -0.39 is 0 Å². The van der Waals surface area contributed by atoms with Crippen molar-refractivity contribution in [3.05, 3.63) is 64.8 Å². The Kier molecular flexibility index (Phi) is 5.75. The van der Waals surface area contributed by atoms with E-state index in [9.17, 15) is 9.59 Å². The first-order chi connectivity index (χ1) is 13.5. The number of nitriles is 1. The number of fused-ring (bicyclic) bond motifs is 1. The average molecular weight is 375 g/mol. The number of aromatic nitrogens is 1. The Balaban J connectivity index is 1.79. The minimum Gasteiger partial charge on any atom is -0.465 e. The van der Waals surface area contributed by atoms with Crippen LogP contribution in [0.4, 0.5) is 5.69 Å². The molecule has 3 rings (SSSR count). The summed E-state index contributed by atoms with van der Waals surface area (Å²) in [6.07, 6.45) is 0.266. The predicted octanol–water partition coefficient (Wildman–Crippen LogP) is 3.75. The molecule has 0 aliphatic heterocycles. The van der Waals surface area contributed by atoms with Gasteiger partial charge in [0, 0.05) is 34.3 Å². The third kappa shape index (κ3) is 4.21. The van der Waals surface area contributed by atoms with E-state index in [0.717, 1.165) is 27.8 Å². The SMILES string of the molecule is CCOC(=O)CNc1ccc2c(C(=O)Cc3ccc(C#N)cc3)c(C)[nH]c2c1. The highest BCUT2D eigenvalue weighted by Gasteiger charge is 2.17. The van der Waals surface area contributed by atoms with Gasteiger partial charge in [0.05, 0.1) is 18.2 Å². The highest BCUT2D eigenvalue weighted by Crippen LogP contribution is 2.26. The van der Waals surface area contributed by atoms with Crippen molar-refractivity contribution in [2.24, 2.45) is 0 Å². The number of ketones is 1. The number of nitrogens with one attached hydrogen (secondary N) is 2. The molecule has 2 N–H and O–H groups in total. The van der Waals surface area contributed by atoms with Gasteiger partial charge in [-0.15, -0.1) is 0 Å². The number of carbonyl (C=O) groups is 2. The Morgan fingerprint density at radius 1 is 1.18 bits per heavy atom. The number of hydrogen-bond donors (Lipinski definition) is 2. The molecule has 0 amide bonds. The molecule has 3 aromatic rings. The van der Waals surface area contributed by atoms with Gasteiger partial charge in [0.1, 0.15) is 6.54 Å². The number of esters is 1. The lowest BCUT2D eigenvalue weighted by Gasteiger charge is -2.06. The third-order valence-electron chi connectivity index (χ3n) is 4.45. The van der Waals surface area contributed by atoms with E-state index in [-0.39, 0.29) is 24.7 Å². The van der Waals surface area contributed by atoms with Crippen molar-refractivity contribution in [3.63, 3.8) is 0 Å². The topological polar surface area (TPSA) is 95.0 Å². The summed E-state index contributed by atoms with van der Waals surface area (Å²) in [5.41, 5.74) is 4.50. The molecule has 0 spiro atoms. The zero-order valence-electron chi connectivity index (χ0n) is 15.8. The smallest absolute Gasteiger partial charge is 0.325 e. The number of ether oxygens (including phenoxy) is 1. The molecular formula is C22H21N3O3. The van der Waals surface area contributed by atoms with Crippen molar-refractivity contribution in [1.82, 2.24) is 4.98 Å². The predicted molar refractivity (Wildman–Crippen MR) is 107 cm³/mol. The van der Waals surface area contributed by atoms with Crippen LogP contribution in [0.15, 0.2) is 42.5 Å². The Morgan fingerprint density at radius 2 is 1.93 bits per heavy atom. The number of anilines is 1. The molecule has 6 heteroatoms. The normalized spacial score (nSPS) is 10.5. The number of carbonyl (C=O) groups excluding carboxylic acids is 2. The number of Topliss-reactive ketones (excluding diaryl/α,β-unsaturated/α-hetero) is 1. The first-order valence-electron chi connectivity index (χ1n) is 9.06. The van der Waals surface area contributed by atoms with Gasteiger partial charge in [-0.3, -0.25) is 9.59 Å². The molecule has 0 unspecified atom stereocenters. The van der Waals surface area contributed by atoms with Crippen LogP contribution in [0.1, 0.15) is 34.1 Å². The number of benzene rings is 2. The molecule has 0 aliphatic rings. The van der Waals surface area contributed by atoms with E-state index in [0.29, 0.717) is 17.7 Å². The van der Waals surface area contributed by atoms with Crippen LogP contribution in [0.2, 0.25) is 0 Å². The molecule has 28 heavy (non-hydrogen) atoms. The monoisotopic (exact) mass is 375 g/mol. The first-order valence-corrected chi connectivity index (χ1v) is 9.06. The summed E-state index contributed by atoms with van der Waals surface area (Å²) in [4.78, 5) is 27.6. The molecule has 0 fully saturated rings. The van der Waals surface area contributed by atoms with E-state index in [1.165, 1.54) is 0 Å². The minimum atomic E-state index is -0.316. The molecular weight excluding hydrogens is 354 g/mol. The lowest BCUT2D eigenvalue weighted by molar-refractivity contribution is -0.140. The highest BCUT2D eigenvalue weighted by molar-refractivity contribution is 6.10. The van der Waals surface area contributed by atoms with Gasteiger partial charge in [0.2, 0.25) is 0 Å². The van der Waals surface area contributed by atoms with Gasteiger partial charge in [0.25, 0.3) is 0 Å². The number of aryl methyl sites for hydroxylation is 1. The second kappa shape index (κ2) is 8.40. The fourth-order valence-electron chi connectivity index (χ4n) is 3.16. The molecule has 0 radical (unpaired) electrons. The number of nitrogens with zero attached hydrogens (tertiary/aromatic N) is 1. The van der Waals surface area contributed by atoms with E-state index in [4.69, 9.17) is 10.00 Å². The van der Waals surface area contributed by atoms with Gasteiger partial charge >= 0.3 is 5.97 Å². The number of hydrogen-bond acceptors (Lipinski definition) is 5. The number of rotatable bonds is 7. The molecule has 0 saturated carbocycles. The van der Waals surface area contributed by atoms with Crippen LogP contribution in [0.25, 0.3) is 10.9 Å². The van der Waals surface area contributed by atoms with Crippen LogP contribution in [0.5, 0.6) is 0 Å². The summed E-state index contributed by atoms with van der Waals surface area (Å²) in [7, 11) is 0. The molecule has 0 aliphatic carbocycles. The zero-order chi connectivity index (χ0) is 20.1. The second-order valence-corrected chi connectivity index (χ2v) is 6.45. The van der Waals surface area contributed by atoms with Crippen LogP contribution in [-0.4, -0.2) is 29.9 Å². The van der Waals surface area contributed by atoms with Crippen LogP contribution < -0.4 is 5.32 Å². The summed E-state index contributed by atoms with van der Waals surface area (Å²) in [6.45, 7) is 4.07. The van der Waals surface area contributed by atoms with Crippen LogP contribution in [0, 0.1) is 18.3 Å². The van der Waals surface area contributed by atoms with Crippen molar-refractivity contribution in [1.29, 1.82) is 5.26 Å². The summed E-state index contributed by atoms with van der Waals surface area (Å²) < 4.78 is 4.91. The van der Waals surface area contributed by atoms with Crippen molar-refractivity contribution in [3.8, 4) is 6.07 Å². The molecule has 2 aromatic carbocycles. The fraction of sp³-hybridized carbons (Fsp3) is 0.227. The van der Waals surface area contributed by atoms with Gasteiger partial charge in [-0.2, -0.15) is 5.26 Å². The summed E-state index contributed by atoms with van der Waals surface area (Å²) in [6, 6.07) is 14.7. The number of H-pyrrole nitrogens is 1. The average Bonchev–Trinajstić information content (AvgIpc) is 3.02. The molecule has 0 bridgehead atoms. The molecule has 6 nitrogen and oxygen atoms in total. The summed E-state index contributed by atoms with van der Waals surface area (Å²) in [5, 5.41) is 12.8. The Morgan fingerprint density at radius 3 is 2.61 bits per heavy atom. The quantitative estimate of drug-likeness (QED) is 0.484. The van der Waals surface area contributed by atoms with E-state index >= 15 is 0 Å². The van der Waals surface area contributed by atoms with Gasteiger partial charge in [-0.25, -0.2) is 0 Å². The molecule has 1 aromatic heterocycles. The van der Waals surface area contributed by atoms with Crippen LogP contribution in [0.3, 0.4) is 0 Å². The van der Waals surface area contributed by atoms with Crippen molar-refractivity contribution >= 4 is 28.3 Å². The summed E-state index contributed by atoms with van der Waals surface area (Å²) in [5.74, 6) is -0.302. The Bertz CT molecular complexity index is 1060. The maximum Gasteiger partial charge on any atom is 0.325 e. The van der Waals surface area contributed by atoms with Crippen molar-refractivity contribution in [2.45, 2.75) is 20.3 Å². The van der Waals surface area contributed by atoms with Gasteiger partial charge in [-0.05, 0) is 43.7 Å². The third-order valence-corrected chi connectivity index (χ3v) is 4.45. The van der Waals surface area contributed by atoms with Gasteiger partial charge in [0.15, 0.2) is 5.78 Å². The minimum absolute atomic E-state index is 0.0145.